The minimum absolute atomic E-state index is 0.0256. The fraction of sp³-hybridized carbons (Fsp3) is 0.913. The summed E-state index contributed by atoms with van der Waals surface area (Å²) in [6.07, 6.45) is 8.83. The summed E-state index contributed by atoms with van der Waals surface area (Å²) in [5.41, 5.74) is -1.01. The zero-order valence-electron chi connectivity index (χ0n) is 19.6. The highest BCUT2D eigenvalue weighted by molar-refractivity contribution is 5.81. The third-order valence-electron chi connectivity index (χ3n) is 5.13. The largest absolute Gasteiger partial charge is 0.375 e. The number of nitrogens with one attached hydrogen (secondary N) is 2. The van der Waals surface area contributed by atoms with Gasteiger partial charge in [-0.2, -0.15) is 0 Å². The van der Waals surface area contributed by atoms with Crippen LogP contribution in [-0.2, 0) is 14.3 Å². The van der Waals surface area contributed by atoms with Crippen LogP contribution >= 0.6 is 0 Å². The van der Waals surface area contributed by atoms with Crippen molar-refractivity contribution in [1.82, 2.24) is 10.6 Å². The van der Waals surface area contributed by atoms with Crippen molar-refractivity contribution in [3.05, 3.63) is 0 Å². The van der Waals surface area contributed by atoms with Crippen LogP contribution < -0.4 is 10.6 Å². The summed E-state index contributed by atoms with van der Waals surface area (Å²) < 4.78 is 5.97. The minimum atomic E-state index is -0.540. The maximum atomic E-state index is 12.4. The Morgan fingerprint density at radius 2 is 1.61 bits per heavy atom. The predicted molar refractivity (Wildman–Crippen MR) is 117 cm³/mol. The van der Waals surface area contributed by atoms with Gasteiger partial charge in [-0.05, 0) is 40.0 Å². The second-order valence-electron chi connectivity index (χ2n) is 9.35. The van der Waals surface area contributed by atoms with Gasteiger partial charge in [0, 0.05) is 24.6 Å². The molecular weight excluding hydrogens is 352 g/mol. The Morgan fingerprint density at radius 3 is 2.21 bits per heavy atom. The molecule has 0 bridgehead atoms. The van der Waals surface area contributed by atoms with Gasteiger partial charge < -0.3 is 15.4 Å². The Labute approximate surface area is 173 Å². The SMILES string of the molecule is CCCCCCNC(=O)C(C)(C)CCOC(C)(C)CC(=O)NC(C)CCCC. The number of unbranched alkanes of at least 4 members (excludes halogenated alkanes) is 4. The van der Waals surface area contributed by atoms with E-state index in [0.29, 0.717) is 19.4 Å². The van der Waals surface area contributed by atoms with E-state index in [2.05, 4.69) is 24.5 Å². The number of ether oxygens (including phenoxy) is 1. The first-order chi connectivity index (χ1) is 13.0. The van der Waals surface area contributed by atoms with Crippen molar-refractivity contribution in [3.63, 3.8) is 0 Å². The molecule has 0 rings (SSSR count). The molecule has 28 heavy (non-hydrogen) atoms. The lowest BCUT2D eigenvalue weighted by atomic mass is 9.88. The molecule has 1 atom stereocenters. The van der Waals surface area contributed by atoms with Crippen LogP contribution in [0.5, 0.6) is 0 Å². The molecule has 0 saturated carbocycles. The van der Waals surface area contributed by atoms with Gasteiger partial charge in [0.15, 0.2) is 0 Å². The van der Waals surface area contributed by atoms with Crippen LogP contribution in [0.4, 0.5) is 0 Å². The molecule has 0 heterocycles. The molecule has 0 spiro atoms. The van der Waals surface area contributed by atoms with Crippen molar-refractivity contribution in [1.29, 1.82) is 0 Å². The zero-order valence-corrected chi connectivity index (χ0v) is 19.6. The van der Waals surface area contributed by atoms with Crippen molar-refractivity contribution in [2.45, 2.75) is 118 Å². The molecule has 0 aliphatic carbocycles. The van der Waals surface area contributed by atoms with Gasteiger partial charge in [-0.25, -0.2) is 0 Å². The van der Waals surface area contributed by atoms with E-state index in [-0.39, 0.29) is 17.9 Å². The summed E-state index contributed by atoms with van der Waals surface area (Å²) in [6, 6.07) is 0.197. The lowest BCUT2D eigenvalue weighted by molar-refractivity contribution is -0.134. The molecule has 5 nitrogen and oxygen atoms in total. The first-order valence-corrected chi connectivity index (χ1v) is 11.3. The summed E-state index contributed by atoms with van der Waals surface area (Å²) in [6.45, 7) is 15.4. The second kappa shape index (κ2) is 14.0. The monoisotopic (exact) mass is 398 g/mol. The molecule has 5 heteroatoms. The Morgan fingerprint density at radius 1 is 0.964 bits per heavy atom. The number of carbonyl (C=O) groups excluding carboxylic acids is 2. The summed E-state index contributed by atoms with van der Waals surface area (Å²) in [5, 5.41) is 6.09. The molecule has 0 aliphatic heterocycles. The summed E-state index contributed by atoms with van der Waals surface area (Å²) in [7, 11) is 0. The van der Waals surface area contributed by atoms with Crippen molar-refractivity contribution in [3.8, 4) is 0 Å². The number of rotatable bonds is 16. The zero-order chi connectivity index (χ0) is 21.6. The number of hydrogen-bond acceptors (Lipinski definition) is 3. The van der Waals surface area contributed by atoms with Crippen LogP contribution in [-0.4, -0.2) is 36.6 Å². The number of amides is 2. The molecule has 1 unspecified atom stereocenters. The fourth-order valence-corrected chi connectivity index (χ4v) is 3.04. The van der Waals surface area contributed by atoms with Crippen LogP contribution in [0.3, 0.4) is 0 Å². The summed E-state index contributed by atoms with van der Waals surface area (Å²) >= 11 is 0. The number of hydrogen-bond donors (Lipinski definition) is 2. The molecule has 0 aromatic heterocycles. The predicted octanol–water partition coefficient (Wildman–Crippen LogP) is 4.98. The molecule has 0 saturated heterocycles. The van der Waals surface area contributed by atoms with Gasteiger partial charge in [0.05, 0.1) is 12.0 Å². The third kappa shape index (κ3) is 13.1. The van der Waals surface area contributed by atoms with Gasteiger partial charge in [-0.1, -0.05) is 59.8 Å². The first-order valence-electron chi connectivity index (χ1n) is 11.3. The third-order valence-corrected chi connectivity index (χ3v) is 5.13. The molecule has 2 N–H and O–H groups in total. The van der Waals surface area contributed by atoms with E-state index in [1.165, 1.54) is 12.8 Å². The van der Waals surface area contributed by atoms with E-state index in [1.807, 2.05) is 34.6 Å². The molecular formula is C23H46N2O3. The molecule has 0 fully saturated rings. The Kier molecular flexibility index (Phi) is 13.4. The topological polar surface area (TPSA) is 67.4 Å². The highest BCUT2D eigenvalue weighted by Gasteiger charge is 2.29. The quantitative estimate of drug-likeness (QED) is 0.360. The lowest BCUT2D eigenvalue weighted by Gasteiger charge is -2.29. The fourth-order valence-electron chi connectivity index (χ4n) is 3.04. The highest BCUT2D eigenvalue weighted by atomic mass is 16.5. The summed E-state index contributed by atoms with van der Waals surface area (Å²) in [4.78, 5) is 24.6. The van der Waals surface area contributed by atoms with E-state index < -0.39 is 11.0 Å². The second-order valence-corrected chi connectivity index (χ2v) is 9.35. The van der Waals surface area contributed by atoms with Gasteiger partial charge in [0.1, 0.15) is 0 Å². The van der Waals surface area contributed by atoms with Crippen molar-refractivity contribution in [2.24, 2.45) is 5.41 Å². The highest BCUT2D eigenvalue weighted by Crippen LogP contribution is 2.23. The normalized spacial score (nSPS) is 13.2. The molecule has 0 aliphatic rings. The van der Waals surface area contributed by atoms with Crippen LogP contribution in [0, 0.1) is 5.41 Å². The van der Waals surface area contributed by atoms with E-state index in [0.717, 1.165) is 38.6 Å². The van der Waals surface area contributed by atoms with Gasteiger partial charge in [-0.15, -0.1) is 0 Å². The number of carbonyl (C=O) groups is 2. The smallest absolute Gasteiger partial charge is 0.225 e. The van der Waals surface area contributed by atoms with Crippen LogP contribution in [0.1, 0.15) is 106 Å². The Hall–Kier alpha value is -1.10. The van der Waals surface area contributed by atoms with E-state index in [1.54, 1.807) is 0 Å². The lowest BCUT2D eigenvalue weighted by Crippen LogP contribution is -2.40. The maximum Gasteiger partial charge on any atom is 0.225 e. The average Bonchev–Trinajstić information content (AvgIpc) is 2.58. The molecule has 0 radical (unpaired) electrons. The van der Waals surface area contributed by atoms with Gasteiger partial charge in [0.2, 0.25) is 11.8 Å². The van der Waals surface area contributed by atoms with Crippen molar-refractivity contribution >= 4 is 11.8 Å². The van der Waals surface area contributed by atoms with Gasteiger partial charge >= 0.3 is 0 Å². The van der Waals surface area contributed by atoms with E-state index in [4.69, 9.17) is 4.74 Å². The molecule has 0 aromatic rings. The minimum Gasteiger partial charge on any atom is -0.375 e. The molecule has 166 valence electrons. The standard InChI is InChI=1S/C23H46N2O3/c1-8-10-12-13-16-24-21(27)22(4,5)15-17-28-23(6,7)18-20(26)25-19(3)14-11-9-2/h19H,8-18H2,1-7H3,(H,24,27)(H,25,26). The Balaban J connectivity index is 4.21. The van der Waals surface area contributed by atoms with Crippen LogP contribution in [0.2, 0.25) is 0 Å². The van der Waals surface area contributed by atoms with E-state index in [9.17, 15) is 9.59 Å². The Bertz CT molecular complexity index is 447. The molecule has 2 amide bonds. The average molecular weight is 399 g/mol. The van der Waals surface area contributed by atoms with E-state index >= 15 is 0 Å². The molecule has 0 aromatic carbocycles. The van der Waals surface area contributed by atoms with Crippen molar-refractivity contribution < 1.29 is 14.3 Å². The van der Waals surface area contributed by atoms with Crippen LogP contribution in [0.15, 0.2) is 0 Å². The van der Waals surface area contributed by atoms with Gasteiger partial charge in [-0.3, -0.25) is 9.59 Å². The van der Waals surface area contributed by atoms with Crippen molar-refractivity contribution in [2.75, 3.05) is 13.2 Å². The first kappa shape index (κ1) is 26.9. The maximum absolute atomic E-state index is 12.4. The summed E-state index contributed by atoms with van der Waals surface area (Å²) in [5.74, 6) is 0.102. The van der Waals surface area contributed by atoms with Gasteiger partial charge in [0.25, 0.3) is 0 Å². The van der Waals surface area contributed by atoms with Crippen LogP contribution in [0.25, 0.3) is 0 Å².